The molecule has 6 nitrogen and oxygen atoms in total. The fraction of sp³-hybridized carbons (Fsp3) is 0.200. The highest BCUT2D eigenvalue weighted by molar-refractivity contribution is 9.10. The van der Waals surface area contributed by atoms with Gasteiger partial charge in [-0.3, -0.25) is 4.98 Å². The van der Waals surface area contributed by atoms with Crippen molar-refractivity contribution >= 4 is 62.4 Å². The number of nitrogens with zero attached hydrogens (tertiary/aromatic N) is 4. The molecule has 0 aliphatic carbocycles. The number of benzene rings is 2. The third kappa shape index (κ3) is 8.61. The second-order valence-corrected chi connectivity index (χ2v) is 10.3. The Morgan fingerprint density at radius 2 is 1.11 bits per heavy atom. The molecule has 0 unspecified atom stereocenters. The van der Waals surface area contributed by atoms with E-state index >= 15 is 0 Å². The molecule has 2 aromatic heterocycles. The average molecular weight is 597 g/mol. The first-order chi connectivity index (χ1) is 16.5. The van der Waals surface area contributed by atoms with E-state index in [1.54, 1.807) is 18.6 Å². The summed E-state index contributed by atoms with van der Waals surface area (Å²) >= 11 is 17.7. The largest absolute Gasteiger partial charge is 0.382 e. The third-order valence-electron chi connectivity index (χ3n) is 4.90. The van der Waals surface area contributed by atoms with Crippen molar-refractivity contribution in [2.45, 2.75) is 32.0 Å². The van der Waals surface area contributed by atoms with Crippen molar-refractivity contribution in [3.05, 3.63) is 81.8 Å². The SMILES string of the molecule is Cc1cccc(C)c1-c1cnc(N)c(Br)n1.Cc1cccc(C)c1-c1cnc(N)cn1.ClC(Cl)Cl. The molecule has 0 fully saturated rings. The summed E-state index contributed by atoms with van der Waals surface area (Å²) in [4.78, 5) is 16.8. The number of nitrogens with two attached hydrogens (primary N) is 2. The molecule has 0 bridgehead atoms. The van der Waals surface area contributed by atoms with Crippen molar-refractivity contribution in [3.63, 3.8) is 0 Å². The third-order valence-corrected chi connectivity index (χ3v) is 5.49. The number of halogens is 4. The van der Waals surface area contributed by atoms with E-state index in [1.807, 2.05) is 12.1 Å². The van der Waals surface area contributed by atoms with E-state index in [9.17, 15) is 0 Å². The fourth-order valence-corrected chi connectivity index (χ4v) is 3.69. The van der Waals surface area contributed by atoms with Gasteiger partial charge >= 0.3 is 0 Å². The van der Waals surface area contributed by atoms with Gasteiger partial charge in [0, 0.05) is 11.1 Å². The van der Waals surface area contributed by atoms with Gasteiger partial charge in [-0.1, -0.05) is 71.2 Å². The highest BCUT2D eigenvalue weighted by Crippen LogP contribution is 2.27. The van der Waals surface area contributed by atoms with Crippen LogP contribution in [0.3, 0.4) is 0 Å². The summed E-state index contributed by atoms with van der Waals surface area (Å²) < 4.78 is -0.160. The smallest absolute Gasteiger partial charge is 0.180 e. The minimum atomic E-state index is -0.750. The van der Waals surface area contributed by atoms with Gasteiger partial charge in [0.25, 0.3) is 0 Å². The number of hydrogen-bond donors (Lipinski definition) is 2. The molecule has 4 aromatic rings. The van der Waals surface area contributed by atoms with E-state index < -0.39 is 4.30 Å². The van der Waals surface area contributed by atoms with Crippen molar-refractivity contribution in [2.24, 2.45) is 0 Å². The molecule has 0 saturated heterocycles. The van der Waals surface area contributed by atoms with Crippen molar-refractivity contribution in [1.82, 2.24) is 19.9 Å². The van der Waals surface area contributed by atoms with Crippen LogP contribution < -0.4 is 11.5 Å². The van der Waals surface area contributed by atoms with Crippen LogP contribution in [-0.2, 0) is 0 Å². The lowest BCUT2D eigenvalue weighted by molar-refractivity contribution is 1.17. The van der Waals surface area contributed by atoms with Crippen molar-refractivity contribution in [3.8, 4) is 22.5 Å². The molecule has 0 aliphatic heterocycles. The maximum absolute atomic E-state index is 5.62. The number of aryl methyl sites for hydroxylation is 4. The van der Waals surface area contributed by atoms with Gasteiger partial charge in [0.1, 0.15) is 10.4 Å². The fourth-order valence-electron chi connectivity index (χ4n) is 3.40. The number of aromatic nitrogens is 4. The topological polar surface area (TPSA) is 104 Å². The maximum atomic E-state index is 5.62. The molecule has 0 amide bonds. The van der Waals surface area contributed by atoms with E-state index in [2.05, 4.69) is 87.8 Å². The number of nitrogen functional groups attached to an aromatic ring is 2. The predicted molar refractivity (Wildman–Crippen MR) is 152 cm³/mol. The van der Waals surface area contributed by atoms with E-state index in [1.165, 1.54) is 22.3 Å². The summed E-state index contributed by atoms with van der Waals surface area (Å²) in [7, 11) is 0. The Morgan fingerprint density at radius 3 is 1.51 bits per heavy atom. The zero-order chi connectivity index (χ0) is 26.1. The average Bonchev–Trinajstić information content (AvgIpc) is 2.77. The summed E-state index contributed by atoms with van der Waals surface area (Å²) in [5.74, 6) is 0.861. The van der Waals surface area contributed by atoms with Gasteiger partial charge < -0.3 is 11.5 Å². The van der Waals surface area contributed by atoms with E-state index in [4.69, 9.17) is 46.3 Å². The summed E-state index contributed by atoms with van der Waals surface area (Å²) in [6.07, 6.45) is 5.00. The summed E-state index contributed by atoms with van der Waals surface area (Å²) in [6, 6.07) is 12.3. The lowest BCUT2D eigenvalue weighted by Gasteiger charge is -2.09. The van der Waals surface area contributed by atoms with Crippen LogP contribution in [0.4, 0.5) is 11.6 Å². The molecule has 35 heavy (non-hydrogen) atoms. The first kappa shape index (κ1) is 28.8. The summed E-state index contributed by atoms with van der Waals surface area (Å²) in [5, 5.41) is 0. The van der Waals surface area contributed by atoms with Gasteiger partial charge in [-0.05, 0) is 65.9 Å². The molecule has 0 radical (unpaired) electrons. The second kappa shape index (κ2) is 13.6. The monoisotopic (exact) mass is 594 g/mol. The number of anilines is 2. The number of alkyl halides is 3. The van der Waals surface area contributed by atoms with Crippen LogP contribution in [0.25, 0.3) is 22.5 Å². The predicted octanol–water partition coefficient (Wildman–Crippen LogP) is 7.43. The lowest BCUT2D eigenvalue weighted by atomic mass is 10.0. The van der Waals surface area contributed by atoms with Crippen LogP contribution in [-0.4, -0.2) is 24.2 Å². The van der Waals surface area contributed by atoms with Gasteiger partial charge in [-0.25, -0.2) is 15.0 Å². The molecule has 0 aliphatic rings. The van der Waals surface area contributed by atoms with Gasteiger partial charge in [0.15, 0.2) is 10.1 Å². The van der Waals surface area contributed by atoms with Crippen LogP contribution in [0.5, 0.6) is 0 Å². The minimum Gasteiger partial charge on any atom is -0.382 e. The highest BCUT2D eigenvalue weighted by atomic mass is 79.9. The van der Waals surface area contributed by atoms with Gasteiger partial charge in [0.05, 0.1) is 30.0 Å². The van der Waals surface area contributed by atoms with Crippen molar-refractivity contribution < 1.29 is 0 Å². The zero-order valence-corrected chi connectivity index (χ0v) is 23.6. The molecule has 0 atom stereocenters. The Bertz CT molecular complexity index is 1220. The Kier molecular flexibility index (Phi) is 11.2. The molecule has 2 aromatic carbocycles. The van der Waals surface area contributed by atoms with Crippen molar-refractivity contribution in [1.29, 1.82) is 0 Å². The van der Waals surface area contributed by atoms with Crippen LogP contribution in [0, 0.1) is 27.7 Å². The van der Waals surface area contributed by atoms with Crippen LogP contribution in [0.2, 0.25) is 0 Å². The Balaban J connectivity index is 0.000000215. The zero-order valence-electron chi connectivity index (χ0n) is 19.7. The Labute approximate surface area is 229 Å². The molecule has 2 heterocycles. The molecular formula is C25H26BrCl3N6. The molecule has 4 rings (SSSR count). The standard InChI is InChI=1S/C12H12BrN3.C12H13N3.CHCl3/c1-7-4-3-5-8(2)10(7)9-6-15-12(14)11(13)16-9;1-8-4-3-5-9(2)12(8)10-6-15-11(13)7-14-10;2-1(3)4/h3-6H,1-2H3,(H2,14,15);3-7H,1-2H3,(H2,13,15);1H. The Morgan fingerprint density at radius 1 is 0.686 bits per heavy atom. The van der Waals surface area contributed by atoms with Crippen molar-refractivity contribution in [2.75, 3.05) is 11.5 Å². The number of hydrogen-bond acceptors (Lipinski definition) is 6. The van der Waals surface area contributed by atoms with E-state index in [0.29, 0.717) is 16.2 Å². The minimum absolute atomic E-state index is 0.412. The number of rotatable bonds is 2. The Hall–Kier alpha value is -2.45. The van der Waals surface area contributed by atoms with Crippen LogP contribution in [0.1, 0.15) is 22.3 Å². The molecule has 184 valence electrons. The normalized spacial score (nSPS) is 10.2. The van der Waals surface area contributed by atoms with Crippen LogP contribution in [0.15, 0.2) is 59.6 Å². The maximum Gasteiger partial charge on any atom is 0.180 e. The molecule has 10 heteroatoms. The van der Waals surface area contributed by atoms with Gasteiger partial charge in [-0.15, -0.1) is 0 Å². The summed E-state index contributed by atoms with van der Waals surface area (Å²) in [6.45, 7) is 8.27. The van der Waals surface area contributed by atoms with E-state index in [0.717, 1.165) is 22.5 Å². The molecular weight excluding hydrogens is 571 g/mol. The summed E-state index contributed by atoms with van der Waals surface area (Å²) in [5.41, 5.74) is 19.9. The second-order valence-electron chi connectivity index (χ2n) is 7.54. The van der Waals surface area contributed by atoms with E-state index in [-0.39, 0.29) is 0 Å². The van der Waals surface area contributed by atoms with Gasteiger partial charge in [-0.2, -0.15) is 0 Å². The molecule has 0 saturated carbocycles. The van der Waals surface area contributed by atoms with Crippen LogP contribution >= 0.6 is 50.7 Å². The quantitative estimate of drug-likeness (QED) is 0.233. The highest BCUT2D eigenvalue weighted by Gasteiger charge is 2.09. The molecule has 4 N–H and O–H groups in total. The first-order valence-electron chi connectivity index (χ1n) is 10.4. The van der Waals surface area contributed by atoms with Gasteiger partial charge in [0.2, 0.25) is 0 Å². The lowest BCUT2D eigenvalue weighted by Crippen LogP contribution is -1.97. The first-order valence-corrected chi connectivity index (χ1v) is 12.5. The molecule has 0 spiro atoms.